The van der Waals surface area contributed by atoms with Crippen LogP contribution in [-0.4, -0.2) is 64.0 Å². The van der Waals surface area contributed by atoms with Crippen LogP contribution in [0.3, 0.4) is 0 Å². The maximum absolute atomic E-state index is 13.7. The van der Waals surface area contributed by atoms with Gasteiger partial charge in [0.1, 0.15) is 0 Å². The molecule has 0 radical (unpaired) electrons. The van der Waals surface area contributed by atoms with Crippen molar-refractivity contribution in [3.8, 4) is 0 Å². The standard InChI is InChI=1S/C12H19AsF4NO2/c1-6-20-10(19)8(7-13(2)3)9(18(4)5)12(16,17)11(14)15/h7,11H,6H2,1-5H3/q+1. The topological polar surface area (TPSA) is 29.3 Å². The molecule has 0 saturated carbocycles. The molecule has 0 N–H and O–H groups in total. The van der Waals surface area contributed by atoms with Gasteiger partial charge < -0.3 is 0 Å². The first-order chi connectivity index (χ1) is 9.05. The molecule has 0 saturated heterocycles. The third-order valence-corrected chi connectivity index (χ3v) is 3.80. The van der Waals surface area contributed by atoms with E-state index in [0.717, 1.165) is 4.58 Å². The molecule has 0 unspecified atom stereocenters. The summed E-state index contributed by atoms with van der Waals surface area (Å²) in [4.78, 5) is 13.1. The number of carbonyl (C=O) groups excluding carboxylic acids is 1. The Morgan fingerprint density at radius 3 is 2.15 bits per heavy atom. The molecule has 0 aliphatic heterocycles. The molecule has 0 rings (SSSR count). The van der Waals surface area contributed by atoms with Gasteiger partial charge in [-0.1, -0.05) is 0 Å². The van der Waals surface area contributed by atoms with Gasteiger partial charge in [-0.15, -0.1) is 0 Å². The predicted molar refractivity (Wildman–Crippen MR) is 70.3 cm³/mol. The molecular weight excluding hydrogens is 341 g/mol. The number of ether oxygens (including phenoxy) is 1. The van der Waals surface area contributed by atoms with Gasteiger partial charge in [-0.05, 0) is 0 Å². The summed E-state index contributed by atoms with van der Waals surface area (Å²) < 4.78 is 58.2. The first-order valence-electron chi connectivity index (χ1n) is 5.82. The number of alkyl halides is 4. The van der Waals surface area contributed by atoms with E-state index in [2.05, 4.69) is 0 Å². The monoisotopic (exact) mass is 360 g/mol. The van der Waals surface area contributed by atoms with Gasteiger partial charge in [0.15, 0.2) is 0 Å². The molecule has 0 aromatic heterocycles. The van der Waals surface area contributed by atoms with Crippen LogP contribution in [0.5, 0.6) is 0 Å². The van der Waals surface area contributed by atoms with Gasteiger partial charge in [-0.25, -0.2) is 0 Å². The summed E-state index contributed by atoms with van der Waals surface area (Å²) >= 11 is -1.66. The summed E-state index contributed by atoms with van der Waals surface area (Å²) in [5.74, 6) is -5.41. The van der Waals surface area contributed by atoms with E-state index >= 15 is 0 Å². The molecule has 0 spiro atoms. The number of esters is 1. The summed E-state index contributed by atoms with van der Waals surface area (Å²) in [7, 11) is 2.39. The van der Waals surface area contributed by atoms with Crippen LogP contribution in [0, 0.1) is 0 Å². The minimum absolute atomic E-state index is 0.0163. The first kappa shape index (κ1) is 19.2. The molecule has 0 heterocycles. The normalized spacial score (nSPS) is 12.8. The number of hydrogen-bond acceptors (Lipinski definition) is 2. The zero-order chi connectivity index (χ0) is 16.1. The third-order valence-electron chi connectivity index (χ3n) is 2.17. The maximum atomic E-state index is 13.7. The van der Waals surface area contributed by atoms with Crippen LogP contribution in [0.2, 0.25) is 11.4 Å². The zero-order valence-corrected chi connectivity index (χ0v) is 14.0. The van der Waals surface area contributed by atoms with Crippen molar-refractivity contribution >= 4 is 26.3 Å². The van der Waals surface area contributed by atoms with Crippen LogP contribution in [0.25, 0.3) is 0 Å². The second-order valence-electron chi connectivity index (χ2n) is 4.39. The van der Waals surface area contributed by atoms with Crippen LogP contribution in [0.15, 0.2) is 10.4 Å². The van der Waals surface area contributed by atoms with Gasteiger partial charge >= 0.3 is 120 Å². The molecule has 0 amide bonds. The SMILES string of the molecule is CCOC(=O)C(=C[As](C)C)C(=[N+](C)C)C(F)(F)C(F)F. The molecule has 0 aliphatic rings. The van der Waals surface area contributed by atoms with Crippen molar-refractivity contribution in [2.45, 2.75) is 30.7 Å². The Hall–Kier alpha value is -0.842. The number of nitrogens with zero attached hydrogens (tertiary/aromatic N) is 1. The second kappa shape index (κ2) is 7.81. The van der Waals surface area contributed by atoms with E-state index in [0.29, 0.717) is 0 Å². The number of rotatable bonds is 6. The van der Waals surface area contributed by atoms with Gasteiger partial charge in [0.05, 0.1) is 0 Å². The van der Waals surface area contributed by atoms with Crippen LogP contribution >= 0.6 is 0 Å². The quantitative estimate of drug-likeness (QED) is 0.182. The number of halogens is 4. The van der Waals surface area contributed by atoms with Crippen LogP contribution in [-0.2, 0) is 9.53 Å². The van der Waals surface area contributed by atoms with Crippen molar-refractivity contribution in [2.24, 2.45) is 0 Å². The molecule has 20 heavy (non-hydrogen) atoms. The van der Waals surface area contributed by atoms with E-state index in [4.69, 9.17) is 4.74 Å². The Bertz CT molecular complexity index is 416. The average Bonchev–Trinajstić information content (AvgIpc) is 2.26. The molecule has 0 aliphatic carbocycles. The van der Waals surface area contributed by atoms with Crippen LogP contribution in [0.1, 0.15) is 6.92 Å². The summed E-state index contributed by atoms with van der Waals surface area (Å²) in [5, 5.41) is 0. The molecule has 116 valence electrons. The van der Waals surface area contributed by atoms with E-state index in [-0.39, 0.29) is 6.61 Å². The molecule has 0 atom stereocenters. The number of carbonyl (C=O) groups is 1. The van der Waals surface area contributed by atoms with Gasteiger partial charge in [0, 0.05) is 0 Å². The van der Waals surface area contributed by atoms with Crippen LogP contribution in [0.4, 0.5) is 17.6 Å². The third kappa shape index (κ3) is 4.93. The Labute approximate surface area is 120 Å². The van der Waals surface area contributed by atoms with Gasteiger partial charge in [0.2, 0.25) is 0 Å². The average molecular weight is 360 g/mol. The van der Waals surface area contributed by atoms with Crippen molar-refractivity contribution in [1.29, 1.82) is 0 Å². The molecule has 8 heteroatoms. The summed E-state index contributed by atoms with van der Waals surface area (Å²) in [6.45, 7) is 1.50. The molecule has 0 aromatic carbocycles. The van der Waals surface area contributed by atoms with E-state index in [1.807, 2.05) is 0 Å². The Morgan fingerprint density at radius 1 is 1.35 bits per heavy atom. The van der Waals surface area contributed by atoms with Crippen molar-refractivity contribution in [3.63, 3.8) is 0 Å². The summed E-state index contributed by atoms with van der Waals surface area (Å²) in [6.07, 6.45) is -3.90. The van der Waals surface area contributed by atoms with E-state index in [1.165, 1.54) is 25.9 Å². The van der Waals surface area contributed by atoms with Crippen molar-refractivity contribution in [1.82, 2.24) is 0 Å². The fourth-order valence-corrected chi connectivity index (χ4v) is 3.06. The Kier molecular flexibility index (Phi) is 7.48. The van der Waals surface area contributed by atoms with Crippen molar-refractivity contribution in [2.75, 3.05) is 20.7 Å². The van der Waals surface area contributed by atoms with Crippen LogP contribution < -0.4 is 0 Å². The van der Waals surface area contributed by atoms with Gasteiger partial charge in [0.25, 0.3) is 0 Å². The van der Waals surface area contributed by atoms with Gasteiger partial charge in [-0.2, -0.15) is 0 Å². The fraction of sp³-hybridized carbons (Fsp3) is 0.667. The Morgan fingerprint density at radius 2 is 1.85 bits per heavy atom. The summed E-state index contributed by atoms with van der Waals surface area (Å²) in [5.41, 5.74) is 2.11. The predicted octanol–water partition coefficient (Wildman–Crippen LogP) is 2.38. The fourth-order valence-electron chi connectivity index (χ4n) is 1.50. The number of hydrogen-bond donors (Lipinski definition) is 0. The second-order valence-corrected chi connectivity index (χ2v) is 8.98. The first-order valence-corrected chi connectivity index (χ1v) is 10.7. The van der Waals surface area contributed by atoms with Gasteiger partial charge in [-0.3, -0.25) is 0 Å². The van der Waals surface area contributed by atoms with E-state index < -0.39 is 44.3 Å². The molecule has 0 aromatic rings. The van der Waals surface area contributed by atoms with E-state index in [1.54, 1.807) is 11.4 Å². The molecule has 3 nitrogen and oxygen atoms in total. The minimum atomic E-state index is -4.41. The van der Waals surface area contributed by atoms with E-state index in [9.17, 15) is 22.4 Å². The molecular formula is C12H19AsF4NO2+. The molecule has 0 bridgehead atoms. The zero-order valence-electron chi connectivity index (χ0n) is 12.1. The molecule has 0 fully saturated rings. The summed E-state index contributed by atoms with van der Waals surface area (Å²) in [6, 6.07) is 0. The van der Waals surface area contributed by atoms with Crippen molar-refractivity contribution < 1.29 is 31.7 Å². The van der Waals surface area contributed by atoms with Crippen molar-refractivity contribution in [3.05, 3.63) is 10.4 Å². The Balaban J connectivity index is 5.98.